The van der Waals surface area contributed by atoms with Gasteiger partial charge in [-0.1, -0.05) is 72.5 Å². The minimum Gasteiger partial charge on any atom is -0.480 e. The van der Waals surface area contributed by atoms with E-state index in [1.165, 1.54) is 16.7 Å². The minimum absolute atomic E-state index is 0.0292. The summed E-state index contributed by atoms with van der Waals surface area (Å²) in [5, 5.41) is 0. The molecule has 3 aliphatic rings. The van der Waals surface area contributed by atoms with Gasteiger partial charge in [0.15, 0.2) is 9.84 Å². The highest BCUT2D eigenvalue weighted by Crippen LogP contribution is 2.41. The van der Waals surface area contributed by atoms with Crippen LogP contribution in [-0.2, 0) is 14.6 Å². The zero-order valence-electron chi connectivity index (χ0n) is 16.4. The lowest BCUT2D eigenvalue weighted by Gasteiger charge is -2.26. The first-order valence-corrected chi connectivity index (χ1v) is 13.0. The highest BCUT2D eigenvalue weighted by Gasteiger charge is 2.42. The quantitative estimate of drug-likeness (QED) is 0.497. The molecule has 31 heavy (non-hydrogen) atoms. The van der Waals surface area contributed by atoms with E-state index >= 15 is 0 Å². The van der Waals surface area contributed by atoms with Gasteiger partial charge in [-0.05, 0) is 35.8 Å². The van der Waals surface area contributed by atoms with Gasteiger partial charge in [-0.15, -0.1) is 0 Å². The molecule has 2 aromatic carbocycles. The summed E-state index contributed by atoms with van der Waals surface area (Å²) >= 11 is 6.66. The van der Waals surface area contributed by atoms with E-state index in [9.17, 15) is 13.2 Å². The maximum Gasteiger partial charge on any atom is 0.266 e. The fraction of sp³-hybridized carbons (Fsp3) is 0.217. The number of ether oxygens (including phenoxy) is 1. The van der Waals surface area contributed by atoms with Gasteiger partial charge < -0.3 is 4.74 Å². The van der Waals surface area contributed by atoms with Crippen LogP contribution in [0.15, 0.2) is 71.2 Å². The van der Waals surface area contributed by atoms with Gasteiger partial charge in [-0.2, -0.15) is 0 Å². The Morgan fingerprint density at radius 3 is 2.58 bits per heavy atom. The molecule has 2 atom stereocenters. The van der Waals surface area contributed by atoms with E-state index < -0.39 is 9.84 Å². The van der Waals surface area contributed by atoms with Crippen molar-refractivity contribution in [3.8, 4) is 5.75 Å². The number of thioether (sulfide) groups is 1. The Bertz CT molecular complexity index is 1230. The van der Waals surface area contributed by atoms with Crippen LogP contribution in [0.3, 0.4) is 0 Å². The SMILES string of the molecule is O=C1/C(=C/C2=Cc3ccccc3OC2c2ccccc2)SC(=S)N1C1CCS(=O)(=O)C1. The molecule has 2 unspecified atom stereocenters. The summed E-state index contributed by atoms with van der Waals surface area (Å²) in [4.78, 5) is 15.1. The molecule has 0 N–H and O–H groups in total. The van der Waals surface area contributed by atoms with Crippen molar-refractivity contribution in [3.63, 3.8) is 0 Å². The number of fused-ring (bicyclic) bond motifs is 1. The predicted octanol–water partition coefficient (Wildman–Crippen LogP) is 4.14. The van der Waals surface area contributed by atoms with E-state index in [-0.39, 0.29) is 29.6 Å². The molecule has 2 aromatic rings. The normalized spacial score (nSPS) is 26.0. The van der Waals surface area contributed by atoms with E-state index in [1.54, 1.807) is 0 Å². The summed E-state index contributed by atoms with van der Waals surface area (Å²) in [6.45, 7) is 0. The molecule has 1 amide bonds. The molecular formula is C23H19NO4S3. The molecule has 0 radical (unpaired) electrons. The maximum atomic E-state index is 13.2. The predicted molar refractivity (Wildman–Crippen MR) is 126 cm³/mol. The van der Waals surface area contributed by atoms with Crippen molar-refractivity contribution in [1.82, 2.24) is 4.90 Å². The molecule has 3 aliphatic heterocycles. The number of thiocarbonyl (C=S) groups is 1. The Hall–Kier alpha value is -2.42. The topological polar surface area (TPSA) is 63.7 Å². The number of carbonyl (C=O) groups is 1. The van der Waals surface area contributed by atoms with Crippen molar-refractivity contribution in [3.05, 3.63) is 82.3 Å². The van der Waals surface area contributed by atoms with Gasteiger partial charge in [0.05, 0.1) is 22.5 Å². The fourth-order valence-electron chi connectivity index (χ4n) is 4.09. The molecular weight excluding hydrogens is 450 g/mol. The molecule has 2 fully saturated rings. The third-order valence-electron chi connectivity index (χ3n) is 5.59. The smallest absolute Gasteiger partial charge is 0.266 e. The zero-order chi connectivity index (χ0) is 21.6. The molecule has 2 saturated heterocycles. The van der Waals surface area contributed by atoms with Gasteiger partial charge >= 0.3 is 0 Å². The fourth-order valence-corrected chi connectivity index (χ4v) is 7.19. The largest absolute Gasteiger partial charge is 0.480 e. The Morgan fingerprint density at radius 1 is 1.10 bits per heavy atom. The summed E-state index contributed by atoms with van der Waals surface area (Å²) in [5.74, 6) is 0.624. The molecule has 5 rings (SSSR count). The van der Waals surface area contributed by atoms with Crippen LogP contribution in [0.5, 0.6) is 5.75 Å². The lowest BCUT2D eigenvalue weighted by atomic mass is 9.95. The van der Waals surface area contributed by atoms with E-state index in [4.69, 9.17) is 17.0 Å². The van der Waals surface area contributed by atoms with Crippen molar-refractivity contribution in [1.29, 1.82) is 0 Å². The molecule has 0 aliphatic carbocycles. The number of sulfone groups is 1. The van der Waals surface area contributed by atoms with Crippen LogP contribution in [0.1, 0.15) is 23.7 Å². The molecule has 0 bridgehead atoms. The first-order chi connectivity index (χ1) is 14.9. The number of hydrogen-bond acceptors (Lipinski definition) is 6. The van der Waals surface area contributed by atoms with Crippen molar-refractivity contribution in [2.75, 3.05) is 11.5 Å². The van der Waals surface area contributed by atoms with Crippen LogP contribution in [-0.4, -0.2) is 41.1 Å². The number of para-hydroxylation sites is 1. The molecule has 5 nitrogen and oxygen atoms in total. The van der Waals surface area contributed by atoms with E-state index in [1.807, 2.05) is 66.7 Å². The average molecular weight is 470 g/mol. The van der Waals surface area contributed by atoms with Crippen molar-refractivity contribution < 1.29 is 17.9 Å². The van der Waals surface area contributed by atoms with Crippen LogP contribution in [0, 0.1) is 0 Å². The molecule has 3 heterocycles. The maximum absolute atomic E-state index is 13.2. The molecule has 0 saturated carbocycles. The monoisotopic (exact) mass is 469 g/mol. The Balaban J connectivity index is 1.51. The summed E-state index contributed by atoms with van der Waals surface area (Å²) < 4.78 is 30.5. The number of hydrogen-bond donors (Lipinski definition) is 0. The van der Waals surface area contributed by atoms with Gasteiger partial charge in [-0.25, -0.2) is 8.42 Å². The number of amides is 1. The van der Waals surface area contributed by atoms with Crippen LogP contribution in [0.25, 0.3) is 6.08 Å². The van der Waals surface area contributed by atoms with E-state index in [2.05, 4.69) is 0 Å². The van der Waals surface area contributed by atoms with Crippen molar-refractivity contribution in [2.24, 2.45) is 0 Å². The number of carbonyl (C=O) groups excluding carboxylic acids is 1. The number of benzene rings is 2. The summed E-state index contributed by atoms with van der Waals surface area (Å²) in [6.07, 6.45) is 3.93. The standard InChI is InChI=1S/C23H19NO4S3/c25-22-20(30-23(29)24(22)18-10-11-31(26,27)14-18)13-17-12-16-8-4-5-9-19(16)28-21(17)15-6-2-1-3-7-15/h1-9,12-13,18,21H,10-11,14H2/b20-13-. The second-order valence-corrected chi connectivity index (χ2v) is 11.6. The summed E-state index contributed by atoms with van der Waals surface area (Å²) in [7, 11) is -3.12. The van der Waals surface area contributed by atoms with Crippen LogP contribution < -0.4 is 4.74 Å². The van der Waals surface area contributed by atoms with Crippen molar-refractivity contribution in [2.45, 2.75) is 18.6 Å². The zero-order valence-corrected chi connectivity index (χ0v) is 18.9. The molecule has 0 aromatic heterocycles. The van der Waals surface area contributed by atoms with E-state index in [0.717, 1.165) is 22.4 Å². The second-order valence-electron chi connectivity index (χ2n) is 7.70. The molecule has 0 spiro atoms. The van der Waals surface area contributed by atoms with Gasteiger partial charge in [0, 0.05) is 5.56 Å². The lowest BCUT2D eigenvalue weighted by molar-refractivity contribution is -0.123. The third kappa shape index (κ3) is 3.95. The van der Waals surface area contributed by atoms with Crippen LogP contribution in [0.2, 0.25) is 0 Å². The number of nitrogens with zero attached hydrogens (tertiary/aromatic N) is 1. The molecule has 8 heteroatoms. The Morgan fingerprint density at radius 2 is 1.84 bits per heavy atom. The third-order valence-corrected chi connectivity index (χ3v) is 8.67. The van der Waals surface area contributed by atoms with Gasteiger partial charge in [0.25, 0.3) is 5.91 Å². The van der Waals surface area contributed by atoms with Crippen LogP contribution >= 0.6 is 24.0 Å². The molecule has 158 valence electrons. The first-order valence-electron chi connectivity index (χ1n) is 9.91. The average Bonchev–Trinajstić information content (AvgIpc) is 3.25. The lowest BCUT2D eigenvalue weighted by Crippen LogP contribution is -2.39. The van der Waals surface area contributed by atoms with E-state index in [0.29, 0.717) is 15.6 Å². The highest BCUT2D eigenvalue weighted by molar-refractivity contribution is 8.26. The van der Waals surface area contributed by atoms with Gasteiger partial charge in [0.2, 0.25) is 0 Å². The van der Waals surface area contributed by atoms with Gasteiger partial charge in [0.1, 0.15) is 16.2 Å². The Labute approximate surface area is 190 Å². The number of rotatable bonds is 3. The second kappa shape index (κ2) is 7.93. The summed E-state index contributed by atoms with van der Waals surface area (Å²) in [6, 6.07) is 17.2. The van der Waals surface area contributed by atoms with Crippen LogP contribution in [0.4, 0.5) is 0 Å². The minimum atomic E-state index is -3.12. The first kappa shape index (κ1) is 20.5. The highest BCUT2D eigenvalue weighted by atomic mass is 32.2. The Kier molecular flexibility index (Phi) is 5.24. The van der Waals surface area contributed by atoms with Gasteiger partial charge in [-0.3, -0.25) is 9.69 Å². The summed E-state index contributed by atoms with van der Waals surface area (Å²) in [5.41, 5.74) is 2.78. The van der Waals surface area contributed by atoms with Crippen molar-refractivity contribution >= 4 is 50.1 Å².